The van der Waals surface area contributed by atoms with Gasteiger partial charge >= 0.3 is 0 Å². The summed E-state index contributed by atoms with van der Waals surface area (Å²) in [7, 11) is 0. The maximum absolute atomic E-state index is 12.8. The minimum atomic E-state index is 0.0447. The summed E-state index contributed by atoms with van der Waals surface area (Å²) < 4.78 is 0. The molecular formula is C37H57NO. The van der Waals surface area contributed by atoms with E-state index in [1.807, 2.05) is 66.9 Å². The van der Waals surface area contributed by atoms with Gasteiger partial charge in [0, 0.05) is 11.8 Å². The molecule has 2 aromatic rings. The number of carbonyl (C=O) groups excluding carboxylic acids is 1. The summed E-state index contributed by atoms with van der Waals surface area (Å²) in [5, 5.41) is 0. The van der Waals surface area contributed by atoms with Crippen LogP contribution in [0.4, 0.5) is 0 Å². The number of allylic oxidation sites excluding steroid dienone is 2. The monoisotopic (exact) mass is 531 g/mol. The van der Waals surface area contributed by atoms with E-state index in [1.165, 1.54) is 96.3 Å². The van der Waals surface area contributed by atoms with Gasteiger partial charge in [-0.1, -0.05) is 158 Å². The zero-order chi connectivity index (χ0) is 28.2. The summed E-state index contributed by atoms with van der Waals surface area (Å²) >= 11 is 0. The van der Waals surface area contributed by atoms with Crippen LogP contribution in [0.25, 0.3) is 0 Å². The van der Waals surface area contributed by atoms with Crippen molar-refractivity contribution in [3.8, 4) is 0 Å². The fraction of sp³-hybridized carbons (Fsp3) is 0.541. The molecule has 0 saturated heterocycles. The van der Waals surface area contributed by atoms with Crippen molar-refractivity contribution >= 4 is 5.78 Å². The third kappa shape index (κ3) is 18.3. The van der Waals surface area contributed by atoms with E-state index in [-0.39, 0.29) is 5.78 Å². The highest BCUT2D eigenvalue weighted by atomic mass is 16.1. The zero-order valence-electron chi connectivity index (χ0n) is 25.4. The molecule has 0 unspecified atom stereocenters. The molecule has 1 heterocycles. The van der Waals surface area contributed by atoms with Crippen molar-refractivity contribution in [2.75, 3.05) is 0 Å². The van der Waals surface area contributed by atoms with E-state index in [4.69, 9.17) is 0 Å². The topological polar surface area (TPSA) is 32.9 Å². The Balaban J connectivity index is 0.000000406. The number of aryl methyl sites for hydroxylation is 1. The van der Waals surface area contributed by atoms with Gasteiger partial charge in [0.05, 0.1) is 5.69 Å². The van der Waals surface area contributed by atoms with Crippen LogP contribution in [0.15, 0.2) is 79.0 Å². The van der Waals surface area contributed by atoms with Crippen molar-refractivity contribution in [1.29, 1.82) is 0 Å². The van der Waals surface area contributed by atoms with Crippen LogP contribution in [0, 0.1) is 0 Å². The van der Waals surface area contributed by atoms with Gasteiger partial charge in [0.2, 0.25) is 5.78 Å². The molecule has 2 nitrogen and oxygen atoms in total. The smallest absolute Gasteiger partial charge is 0.209 e. The molecule has 1 aromatic heterocycles. The van der Waals surface area contributed by atoms with Gasteiger partial charge < -0.3 is 4.98 Å². The maximum Gasteiger partial charge on any atom is 0.209 e. The number of rotatable bonds is 19. The number of ketones is 1. The fourth-order valence-electron chi connectivity index (χ4n) is 4.53. The third-order valence-electron chi connectivity index (χ3n) is 6.95. The minimum Gasteiger partial charge on any atom is -0.358 e. The quantitative estimate of drug-likeness (QED) is 0.109. The molecule has 0 atom stereocenters. The van der Waals surface area contributed by atoms with Gasteiger partial charge in [0.25, 0.3) is 0 Å². The van der Waals surface area contributed by atoms with Crippen LogP contribution in [0.5, 0.6) is 0 Å². The Bertz CT molecular complexity index is 910. The first-order valence-electron chi connectivity index (χ1n) is 16.0. The Morgan fingerprint density at radius 2 is 1.08 bits per heavy atom. The van der Waals surface area contributed by atoms with E-state index in [1.54, 1.807) is 0 Å². The number of hydrogen-bond donors (Lipinski definition) is 1. The molecule has 0 saturated carbocycles. The van der Waals surface area contributed by atoms with E-state index in [0.29, 0.717) is 11.3 Å². The first kappa shape index (κ1) is 34.4. The number of benzene rings is 1. The number of carbonyl (C=O) groups is 1. The molecule has 1 aromatic carbocycles. The van der Waals surface area contributed by atoms with Gasteiger partial charge in [0.1, 0.15) is 0 Å². The molecule has 2 rings (SSSR count). The van der Waals surface area contributed by atoms with Gasteiger partial charge in [-0.3, -0.25) is 4.79 Å². The predicted molar refractivity (Wildman–Crippen MR) is 172 cm³/mol. The van der Waals surface area contributed by atoms with Crippen LogP contribution in [-0.4, -0.2) is 10.8 Å². The van der Waals surface area contributed by atoms with Gasteiger partial charge in [-0.2, -0.15) is 0 Å². The van der Waals surface area contributed by atoms with Crippen molar-refractivity contribution < 1.29 is 4.79 Å². The molecule has 0 fully saturated rings. The molecule has 0 aliphatic carbocycles. The summed E-state index contributed by atoms with van der Waals surface area (Å²) in [5.74, 6) is 0.0447. The highest BCUT2D eigenvalue weighted by molar-refractivity contribution is 6.08. The fourth-order valence-corrected chi connectivity index (χ4v) is 4.53. The highest BCUT2D eigenvalue weighted by Gasteiger charge is 2.12. The SMILES string of the molecule is CCCCCCCC=CCCCCCCCC.CCCCCc1cccccc[nH]c1C(=O)c1ccccc1. The lowest BCUT2D eigenvalue weighted by Gasteiger charge is -2.06. The van der Waals surface area contributed by atoms with Crippen LogP contribution in [0.1, 0.15) is 145 Å². The molecule has 0 radical (unpaired) electrons. The van der Waals surface area contributed by atoms with Crippen molar-refractivity contribution in [2.24, 2.45) is 0 Å². The molecule has 0 bridgehead atoms. The first-order chi connectivity index (χ1) is 19.2. The maximum atomic E-state index is 12.8. The molecule has 216 valence electrons. The molecule has 0 amide bonds. The Hall–Kier alpha value is -2.61. The second kappa shape index (κ2) is 25.7. The van der Waals surface area contributed by atoms with Crippen LogP contribution in [-0.2, 0) is 6.42 Å². The van der Waals surface area contributed by atoms with Crippen LogP contribution >= 0.6 is 0 Å². The number of unbranched alkanes of at least 4 members (excludes halogenated alkanes) is 13. The van der Waals surface area contributed by atoms with Crippen molar-refractivity contribution in [2.45, 2.75) is 130 Å². The Morgan fingerprint density at radius 1 is 0.590 bits per heavy atom. The second-order valence-corrected chi connectivity index (χ2v) is 10.5. The zero-order valence-corrected chi connectivity index (χ0v) is 25.4. The van der Waals surface area contributed by atoms with Crippen molar-refractivity contribution in [3.05, 3.63) is 95.8 Å². The Labute approximate surface area is 241 Å². The number of aromatic amines is 1. The lowest BCUT2D eigenvalue weighted by molar-refractivity contribution is 0.103. The number of H-pyrrole nitrogens is 1. The molecule has 0 aliphatic heterocycles. The Kier molecular flexibility index (Phi) is 22.6. The first-order valence-corrected chi connectivity index (χ1v) is 16.0. The van der Waals surface area contributed by atoms with Gasteiger partial charge in [-0.25, -0.2) is 0 Å². The van der Waals surface area contributed by atoms with E-state index < -0.39 is 0 Å². The Morgan fingerprint density at radius 3 is 1.69 bits per heavy atom. The lowest BCUT2D eigenvalue weighted by Crippen LogP contribution is -2.07. The van der Waals surface area contributed by atoms with Crippen LogP contribution in [0.2, 0.25) is 0 Å². The molecule has 0 spiro atoms. The van der Waals surface area contributed by atoms with Crippen molar-refractivity contribution in [1.82, 2.24) is 4.98 Å². The number of hydrogen-bond acceptors (Lipinski definition) is 1. The molecular weight excluding hydrogens is 474 g/mol. The van der Waals surface area contributed by atoms with E-state index in [9.17, 15) is 4.79 Å². The number of aromatic nitrogens is 1. The van der Waals surface area contributed by atoms with Gasteiger partial charge in [-0.15, -0.1) is 0 Å². The van der Waals surface area contributed by atoms with E-state index in [2.05, 4.69) is 37.9 Å². The second-order valence-electron chi connectivity index (χ2n) is 10.5. The molecule has 0 aliphatic rings. The predicted octanol–water partition coefficient (Wildman–Crippen LogP) is 11.8. The normalized spacial score (nSPS) is 10.6. The minimum absolute atomic E-state index is 0.0447. The molecule has 1 N–H and O–H groups in total. The molecule has 39 heavy (non-hydrogen) atoms. The summed E-state index contributed by atoms with van der Waals surface area (Å²) in [6.07, 6.45) is 29.1. The van der Waals surface area contributed by atoms with E-state index in [0.717, 1.165) is 18.4 Å². The van der Waals surface area contributed by atoms with Crippen molar-refractivity contribution in [3.63, 3.8) is 0 Å². The largest absolute Gasteiger partial charge is 0.358 e. The summed E-state index contributed by atoms with van der Waals surface area (Å²) in [6, 6.07) is 19.3. The summed E-state index contributed by atoms with van der Waals surface area (Å²) in [4.78, 5) is 16.0. The van der Waals surface area contributed by atoms with Crippen LogP contribution in [0.3, 0.4) is 0 Å². The standard InChI is InChI=1S/C20H23NO.C17H34/c1-2-3-7-12-17-13-8-4-5-11-16-21-19(17)20(22)18-14-9-6-10-15-18;1-3-5-7-9-11-13-15-17-16-14-12-10-8-6-4-2/h4-6,8-11,13-16,21H,2-3,7,12H2,1H3;15,17H,3-14,16H2,1-2H3. The van der Waals surface area contributed by atoms with Gasteiger partial charge in [0.15, 0.2) is 0 Å². The third-order valence-corrected chi connectivity index (χ3v) is 6.95. The van der Waals surface area contributed by atoms with Gasteiger partial charge in [-0.05, 0) is 50.2 Å². The average molecular weight is 532 g/mol. The highest BCUT2D eigenvalue weighted by Crippen LogP contribution is 2.14. The number of nitrogens with one attached hydrogen (secondary N) is 1. The van der Waals surface area contributed by atoms with Crippen LogP contribution < -0.4 is 0 Å². The molecule has 2 heteroatoms. The van der Waals surface area contributed by atoms with E-state index >= 15 is 0 Å². The summed E-state index contributed by atoms with van der Waals surface area (Å²) in [5.41, 5.74) is 2.46. The summed E-state index contributed by atoms with van der Waals surface area (Å²) in [6.45, 7) is 6.75. The average Bonchev–Trinajstić information content (AvgIpc) is 3.08. The lowest BCUT2D eigenvalue weighted by atomic mass is 10.0.